The monoisotopic (exact) mass is 481 g/mol. The molecule has 35 heavy (non-hydrogen) atoms. The largest absolute Gasteiger partial charge is 0.489 e. The molecule has 0 atom stereocenters. The minimum absolute atomic E-state index is 0.157. The van der Waals surface area contributed by atoms with Gasteiger partial charge in [-0.25, -0.2) is 8.78 Å². The Hall–Kier alpha value is -3.25. The predicted molar refractivity (Wildman–Crippen MR) is 134 cm³/mol. The topological polar surface area (TPSA) is 47.6 Å². The molecule has 0 radical (unpaired) electrons. The molecular formula is C29H33F2NO3. The van der Waals surface area contributed by atoms with Gasteiger partial charge in [-0.3, -0.25) is 4.79 Å². The minimum atomic E-state index is -0.463. The summed E-state index contributed by atoms with van der Waals surface area (Å²) in [5, 5.41) is 3.34. The predicted octanol–water partition coefficient (Wildman–Crippen LogP) is 6.41. The van der Waals surface area contributed by atoms with E-state index in [1.54, 1.807) is 25.1 Å². The van der Waals surface area contributed by atoms with Gasteiger partial charge >= 0.3 is 5.97 Å². The van der Waals surface area contributed by atoms with Crippen LogP contribution in [0.1, 0.15) is 42.9 Å². The van der Waals surface area contributed by atoms with Crippen LogP contribution < -0.4 is 10.1 Å². The highest BCUT2D eigenvalue weighted by atomic mass is 19.1. The van der Waals surface area contributed by atoms with Crippen molar-refractivity contribution in [2.75, 3.05) is 19.7 Å². The molecule has 0 saturated carbocycles. The van der Waals surface area contributed by atoms with E-state index >= 15 is 0 Å². The van der Waals surface area contributed by atoms with E-state index in [0.717, 1.165) is 41.6 Å². The van der Waals surface area contributed by atoms with Crippen molar-refractivity contribution < 1.29 is 23.0 Å². The van der Waals surface area contributed by atoms with Crippen LogP contribution in [-0.4, -0.2) is 25.7 Å². The number of halogens is 2. The molecule has 3 rings (SSSR count). The average Bonchev–Trinajstić information content (AvgIpc) is 2.88. The van der Waals surface area contributed by atoms with E-state index < -0.39 is 6.67 Å². The highest BCUT2D eigenvalue weighted by Crippen LogP contribution is 2.24. The first-order chi connectivity index (χ1) is 17.1. The lowest BCUT2D eigenvalue weighted by Crippen LogP contribution is -2.19. The Morgan fingerprint density at radius 3 is 2.23 bits per heavy atom. The molecule has 3 aromatic rings. The molecule has 0 fully saturated rings. The fraction of sp³-hybridized carbons (Fsp3) is 0.345. The van der Waals surface area contributed by atoms with Crippen LogP contribution in [0.4, 0.5) is 8.78 Å². The molecular weight excluding hydrogens is 448 g/mol. The second-order valence-corrected chi connectivity index (χ2v) is 8.33. The number of carbonyl (C=O) groups is 1. The van der Waals surface area contributed by atoms with E-state index in [4.69, 9.17) is 9.47 Å². The lowest BCUT2D eigenvalue weighted by molar-refractivity contribution is -0.143. The second kappa shape index (κ2) is 14.2. The summed E-state index contributed by atoms with van der Waals surface area (Å²) in [5.41, 5.74) is 4.56. The first-order valence-electron chi connectivity index (χ1n) is 12.1. The van der Waals surface area contributed by atoms with E-state index in [0.29, 0.717) is 43.9 Å². The van der Waals surface area contributed by atoms with Crippen molar-refractivity contribution in [2.45, 2.75) is 45.9 Å². The van der Waals surface area contributed by atoms with Gasteiger partial charge in [0.1, 0.15) is 24.8 Å². The van der Waals surface area contributed by atoms with Crippen molar-refractivity contribution in [3.8, 4) is 16.9 Å². The number of hydrogen-bond acceptors (Lipinski definition) is 4. The molecule has 0 aliphatic carbocycles. The van der Waals surface area contributed by atoms with Crippen LogP contribution in [0, 0.1) is 5.82 Å². The van der Waals surface area contributed by atoms with Crippen LogP contribution in [0.5, 0.6) is 5.75 Å². The molecule has 0 amide bonds. The summed E-state index contributed by atoms with van der Waals surface area (Å²) in [5.74, 6) is 0.224. The minimum Gasteiger partial charge on any atom is -0.489 e. The van der Waals surface area contributed by atoms with Crippen molar-refractivity contribution in [2.24, 2.45) is 0 Å². The third-order valence-corrected chi connectivity index (χ3v) is 5.67. The number of alkyl halides is 1. The maximum Gasteiger partial charge on any atom is 0.305 e. The van der Waals surface area contributed by atoms with Crippen LogP contribution in [0.2, 0.25) is 0 Å². The lowest BCUT2D eigenvalue weighted by atomic mass is 10.0. The molecule has 4 nitrogen and oxygen atoms in total. The summed E-state index contributed by atoms with van der Waals surface area (Å²) in [7, 11) is 0. The summed E-state index contributed by atoms with van der Waals surface area (Å²) >= 11 is 0. The van der Waals surface area contributed by atoms with Crippen molar-refractivity contribution in [3.63, 3.8) is 0 Å². The van der Waals surface area contributed by atoms with Crippen molar-refractivity contribution >= 4 is 5.97 Å². The standard InChI is InChI=1S/C29H33F2NO3/c1-2-34-29(33)5-3-4-17-32-18-16-26-19-27(31)14-15-28(26)35-21-23-8-12-25(13-9-23)24-10-6-22(20-30)7-11-24/h6-15,19,32H,2-5,16-18,20-21H2,1H3. The molecule has 0 spiro atoms. The van der Waals surface area contributed by atoms with Crippen molar-refractivity contribution in [1.29, 1.82) is 0 Å². The average molecular weight is 482 g/mol. The number of ether oxygens (including phenoxy) is 2. The highest BCUT2D eigenvalue weighted by molar-refractivity contribution is 5.69. The summed E-state index contributed by atoms with van der Waals surface area (Å²) < 4.78 is 37.5. The van der Waals surface area contributed by atoms with E-state index in [-0.39, 0.29) is 11.8 Å². The van der Waals surface area contributed by atoms with Crippen LogP contribution in [0.3, 0.4) is 0 Å². The summed E-state index contributed by atoms with van der Waals surface area (Å²) in [4.78, 5) is 11.4. The SMILES string of the molecule is CCOC(=O)CCCCNCCc1cc(F)ccc1OCc1ccc(-c2ccc(CF)cc2)cc1. The highest BCUT2D eigenvalue weighted by Gasteiger charge is 2.07. The van der Waals surface area contributed by atoms with Crippen molar-refractivity contribution in [3.05, 3.63) is 89.2 Å². The van der Waals surface area contributed by atoms with Gasteiger partial charge in [0.25, 0.3) is 0 Å². The van der Waals surface area contributed by atoms with Crippen LogP contribution >= 0.6 is 0 Å². The number of esters is 1. The maximum atomic E-state index is 13.8. The number of carbonyl (C=O) groups excluding carboxylic acids is 1. The molecule has 0 unspecified atom stereocenters. The van der Waals surface area contributed by atoms with Crippen molar-refractivity contribution in [1.82, 2.24) is 5.32 Å². The third kappa shape index (κ3) is 8.80. The quantitative estimate of drug-likeness (QED) is 0.214. The van der Waals surface area contributed by atoms with Gasteiger partial charge in [0.2, 0.25) is 0 Å². The molecule has 186 valence electrons. The second-order valence-electron chi connectivity index (χ2n) is 8.33. The van der Waals surface area contributed by atoms with E-state index in [1.807, 2.05) is 36.4 Å². The van der Waals surface area contributed by atoms with Gasteiger partial charge < -0.3 is 14.8 Å². The first kappa shape index (κ1) is 26.4. The summed E-state index contributed by atoms with van der Waals surface area (Å²) in [6.07, 6.45) is 2.73. The summed E-state index contributed by atoms with van der Waals surface area (Å²) in [6, 6.07) is 20.0. The van der Waals surface area contributed by atoms with Gasteiger partial charge in [-0.2, -0.15) is 0 Å². The fourth-order valence-corrected chi connectivity index (χ4v) is 3.73. The number of hydrogen-bond donors (Lipinski definition) is 1. The van der Waals surface area contributed by atoms with E-state index in [9.17, 15) is 13.6 Å². The zero-order valence-corrected chi connectivity index (χ0v) is 20.2. The fourth-order valence-electron chi connectivity index (χ4n) is 3.73. The van der Waals surface area contributed by atoms with Gasteiger partial charge in [0.05, 0.1) is 6.61 Å². The number of benzene rings is 3. The molecule has 3 aromatic carbocycles. The molecule has 0 aliphatic heterocycles. The molecule has 0 heterocycles. The van der Waals surface area contributed by atoms with Gasteiger partial charge in [0.15, 0.2) is 0 Å². The molecule has 0 aromatic heterocycles. The van der Waals surface area contributed by atoms with Gasteiger partial charge in [-0.1, -0.05) is 48.5 Å². The van der Waals surface area contributed by atoms with Gasteiger partial charge in [0, 0.05) is 6.42 Å². The Kier molecular flexibility index (Phi) is 10.7. The molecule has 0 aliphatic rings. The first-order valence-corrected chi connectivity index (χ1v) is 12.1. The van der Waals surface area contributed by atoms with Crippen LogP contribution in [0.25, 0.3) is 11.1 Å². The zero-order valence-electron chi connectivity index (χ0n) is 20.2. The molecule has 0 bridgehead atoms. The Morgan fingerprint density at radius 1 is 0.886 bits per heavy atom. The Labute approximate surface area is 206 Å². The Morgan fingerprint density at radius 2 is 1.57 bits per heavy atom. The maximum absolute atomic E-state index is 13.8. The smallest absolute Gasteiger partial charge is 0.305 e. The number of rotatable bonds is 14. The number of unbranched alkanes of at least 4 members (excludes halogenated alkanes) is 1. The molecule has 1 N–H and O–H groups in total. The van der Waals surface area contributed by atoms with Gasteiger partial charge in [-0.15, -0.1) is 0 Å². The van der Waals surface area contributed by atoms with Gasteiger partial charge in [-0.05, 0) is 85.3 Å². The van der Waals surface area contributed by atoms with Crippen LogP contribution in [0.15, 0.2) is 66.7 Å². The summed E-state index contributed by atoms with van der Waals surface area (Å²) in [6.45, 7) is 3.60. The Bertz CT molecular complexity index is 1050. The number of nitrogens with one attached hydrogen (secondary N) is 1. The lowest BCUT2D eigenvalue weighted by Gasteiger charge is -2.13. The Balaban J connectivity index is 1.46. The van der Waals surface area contributed by atoms with Crippen LogP contribution in [-0.2, 0) is 29.2 Å². The molecule has 0 saturated heterocycles. The van der Waals surface area contributed by atoms with E-state index in [2.05, 4.69) is 5.32 Å². The normalized spacial score (nSPS) is 10.8. The molecule has 6 heteroatoms. The van der Waals surface area contributed by atoms with E-state index in [1.165, 1.54) is 12.1 Å². The third-order valence-electron chi connectivity index (χ3n) is 5.67. The zero-order chi connectivity index (χ0) is 24.9.